The zero-order valence-electron chi connectivity index (χ0n) is 9.57. The van der Waals surface area contributed by atoms with Crippen LogP contribution in [0.1, 0.15) is 25.7 Å². The van der Waals surface area contributed by atoms with Gasteiger partial charge >= 0.3 is 0 Å². The number of nitrogens with two attached hydrogens (primary N) is 1. The summed E-state index contributed by atoms with van der Waals surface area (Å²) in [5.41, 5.74) is 6.53. The smallest absolute Gasteiger partial charge is 0.225 e. The molecule has 0 aliphatic heterocycles. The van der Waals surface area contributed by atoms with Crippen molar-refractivity contribution in [3.63, 3.8) is 0 Å². The van der Waals surface area contributed by atoms with E-state index in [1.165, 1.54) is 6.42 Å². The minimum absolute atomic E-state index is 0.0400. The average Bonchev–Trinajstić information content (AvgIpc) is 2.57. The van der Waals surface area contributed by atoms with E-state index in [1.54, 1.807) is 17.1 Å². The van der Waals surface area contributed by atoms with Gasteiger partial charge in [0.1, 0.15) is 0 Å². The number of nitrogens with zero attached hydrogens (tertiary/aromatic N) is 2. The van der Waals surface area contributed by atoms with Gasteiger partial charge in [0, 0.05) is 19.7 Å². The van der Waals surface area contributed by atoms with E-state index in [4.69, 9.17) is 5.73 Å². The number of carbonyl (C=O) groups is 1. The third kappa shape index (κ3) is 2.24. The molecule has 0 radical (unpaired) electrons. The van der Waals surface area contributed by atoms with Crippen molar-refractivity contribution in [3.05, 3.63) is 12.4 Å². The topological polar surface area (TPSA) is 72.9 Å². The van der Waals surface area contributed by atoms with Gasteiger partial charge in [0.25, 0.3) is 0 Å². The summed E-state index contributed by atoms with van der Waals surface area (Å²) in [6.07, 6.45) is 7.30. The van der Waals surface area contributed by atoms with Crippen molar-refractivity contribution in [2.45, 2.75) is 25.7 Å². The van der Waals surface area contributed by atoms with Crippen LogP contribution in [0.4, 0.5) is 5.69 Å². The van der Waals surface area contributed by atoms with E-state index in [-0.39, 0.29) is 11.3 Å². The van der Waals surface area contributed by atoms with Crippen molar-refractivity contribution < 1.29 is 4.79 Å². The van der Waals surface area contributed by atoms with E-state index >= 15 is 0 Å². The van der Waals surface area contributed by atoms with Crippen LogP contribution in [0.25, 0.3) is 0 Å². The first-order valence-corrected chi connectivity index (χ1v) is 5.62. The van der Waals surface area contributed by atoms with Gasteiger partial charge in [-0.3, -0.25) is 9.48 Å². The molecule has 0 bridgehead atoms. The molecule has 1 aliphatic carbocycles. The molecule has 0 atom stereocenters. The fourth-order valence-electron chi connectivity index (χ4n) is 2.16. The van der Waals surface area contributed by atoms with E-state index in [2.05, 4.69) is 10.4 Å². The Balaban J connectivity index is 1.89. The predicted molar refractivity (Wildman–Crippen MR) is 61.8 cm³/mol. The van der Waals surface area contributed by atoms with E-state index < -0.39 is 0 Å². The van der Waals surface area contributed by atoms with Gasteiger partial charge in [-0.25, -0.2) is 0 Å². The summed E-state index contributed by atoms with van der Waals surface area (Å²) in [6, 6.07) is 0. The van der Waals surface area contributed by atoms with E-state index in [9.17, 15) is 4.79 Å². The first kappa shape index (κ1) is 11.1. The summed E-state index contributed by atoms with van der Waals surface area (Å²) in [7, 11) is 1.82. The van der Waals surface area contributed by atoms with Gasteiger partial charge in [0.05, 0.1) is 11.9 Å². The Hall–Kier alpha value is -1.36. The van der Waals surface area contributed by atoms with Gasteiger partial charge in [-0.05, 0) is 24.8 Å². The van der Waals surface area contributed by atoms with Gasteiger partial charge in [-0.1, -0.05) is 6.42 Å². The Labute approximate surface area is 95.0 Å². The molecule has 0 unspecified atom stereocenters. The molecule has 88 valence electrons. The van der Waals surface area contributed by atoms with Crippen LogP contribution in [-0.4, -0.2) is 22.2 Å². The standard InChI is InChI=1S/C11H18N4O/c1-15-7-9(6-13-15)14-10(16)5-11(8-12)3-2-4-11/h6-7H,2-5,8,12H2,1H3,(H,14,16). The van der Waals surface area contributed by atoms with Crippen LogP contribution in [0.3, 0.4) is 0 Å². The molecule has 1 aromatic rings. The molecule has 0 spiro atoms. The lowest BCUT2D eigenvalue weighted by molar-refractivity contribution is -0.119. The molecule has 3 N–H and O–H groups in total. The van der Waals surface area contributed by atoms with Gasteiger partial charge in [-0.15, -0.1) is 0 Å². The third-order valence-electron chi connectivity index (χ3n) is 3.37. The van der Waals surface area contributed by atoms with Crippen LogP contribution >= 0.6 is 0 Å². The maximum Gasteiger partial charge on any atom is 0.225 e. The van der Waals surface area contributed by atoms with Gasteiger partial charge in [0.2, 0.25) is 5.91 Å². The minimum Gasteiger partial charge on any atom is -0.330 e. The number of aryl methyl sites for hydroxylation is 1. The first-order valence-electron chi connectivity index (χ1n) is 5.62. The molecular weight excluding hydrogens is 204 g/mol. The number of hydrogen-bond donors (Lipinski definition) is 2. The molecule has 0 saturated heterocycles. The van der Waals surface area contributed by atoms with Crippen molar-refractivity contribution in [2.75, 3.05) is 11.9 Å². The molecule has 16 heavy (non-hydrogen) atoms. The van der Waals surface area contributed by atoms with Gasteiger partial charge < -0.3 is 11.1 Å². The molecule has 1 heterocycles. The van der Waals surface area contributed by atoms with E-state index in [1.807, 2.05) is 7.05 Å². The van der Waals surface area contributed by atoms with Crippen LogP contribution in [0.15, 0.2) is 12.4 Å². The van der Waals surface area contributed by atoms with Crippen molar-refractivity contribution >= 4 is 11.6 Å². The fourth-order valence-corrected chi connectivity index (χ4v) is 2.16. The number of nitrogens with one attached hydrogen (secondary N) is 1. The van der Waals surface area contributed by atoms with Crippen molar-refractivity contribution in [2.24, 2.45) is 18.2 Å². The van der Waals surface area contributed by atoms with Crippen LogP contribution in [-0.2, 0) is 11.8 Å². The average molecular weight is 222 g/mol. The lowest BCUT2D eigenvalue weighted by atomic mass is 9.66. The largest absolute Gasteiger partial charge is 0.330 e. The van der Waals surface area contributed by atoms with Gasteiger partial charge in [-0.2, -0.15) is 5.10 Å². The zero-order chi connectivity index (χ0) is 11.6. The molecule has 5 heteroatoms. The zero-order valence-corrected chi connectivity index (χ0v) is 9.57. The van der Waals surface area contributed by atoms with Crippen molar-refractivity contribution in [1.29, 1.82) is 0 Å². The second kappa shape index (κ2) is 4.25. The van der Waals surface area contributed by atoms with Crippen molar-refractivity contribution in [3.8, 4) is 0 Å². The van der Waals surface area contributed by atoms with Crippen LogP contribution in [0.5, 0.6) is 0 Å². The Kier molecular flexibility index (Phi) is 2.96. The monoisotopic (exact) mass is 222 g/mol. The lowest BCUT2D eigenvalue weighted by Gasteiger charge is -2.40. The first-order chi connectivity index (χ1) is 7.63. The summed E-state index contributed by atoms with van der Waals surface area (Å²) in [5.74, 6) is 0.0400. The number of anilines is 1. The van der Waals surface area contributed by atoms with E-state index in [0.717, 1.165) is 18.5 Å². The quantitative estimate of drug-likeness (QED) is 0.794. The summed E-state index contributed by atoms with van der Waals surface area (Å²) >= 11 is 0. The highest BCUT2D eigenvalue weighted by atomic mass is 16.1. The Bertz CT molecular complexity index is 376. The molecule has 1 fully saturated rings. The predicted octanol–water partition coefficient (Wildman–Crippen LogP) is 0.878. The van der Waals surface area contributed by atoms with E-state index in [0.29, 0.717) is 13.0 Å². The SMILES string of the molecule is Cn1cc(NC(=O)CC2(CN)CCC2)cn1. The molecule has 1 aromatic heterocycles. The van der Waals surface area contributed by atoms with Crippen LogP contribution in [0, 0.1) is 5.41 Å². The molecule has 1 aliphatic rings. The number of hydrogen-bond acceptors (Lipinski definition) is 3. The number of carbonyl (C=O) groups excluding carboxylic acids is 1. The Morgan fingerprint density at radius 1 is 1.69 bits per heavy atom. The minimum atomic E-state index is 0.0400. The maximum atomic E-state index is 11.8. The maximum absolute atomic E-state index is 11.8. The number of rotatable bonds is 4. The summed E-state index contributed by atoms with van der Waals surface area (Å²) < 4.78 is 1.66. The third-order valence-corrected chi connectivity index (χ3v) is 3.37. The number of aromatic nitrogens is 2. The highest BCUT2D eigenvalue weighted by Crippen LogP contribution is 2.42. The second-order valence-corrected chi connectivity index (χ2v) is 4.69. The summed E-state index contributed by atoms with van der Waals surface area (Å²) in [4.78, 5) is 11.8. The van der Waals surface area contributed by atoms with Crippen LogP contribution < -0.4 is 11.1 Å². The summed E-state index contributed by atoms with van der Waals surface area (Å²) in [6.45, 7) is 0.605. The Morgan fingerprint density at radius 3 is 2.88 bits per heavy atom. The summed E-state index contributed by atoms with van der Waals surface area (Å²) in [5, 5.41) is 6.84. The normalized spacial score (nSPS) is 17.9. The highest BCUT2D eigenvalue weighted by molar-refractivity contribution is 5.90. The van der Waals surface area contributed by atoms with Gasteiger partial charge in [0.15, 0.2) is 0 Å². The molecule has 1 saturated carbocycles. The van der Waals surface area contributed by atoms with Crippen LogP contribution in [0.2, 0.25) is 0 Å². The second-order valence-electron chi connectivity index (χ2n) is 4.69. The fraction of sp³-hybridized carbons (Fsp3) is 0.636. The molecule has 1 amide bonds. The molecule has 2 rings (SSSR count). The molecule has 0 aromatic carbocycles. The molecule has 5 nitrogen and oxygen atoms in total. The van der Waals surface area contributed by atoms with Crippen molar-refractivity contribution in [1.82, 2.24) is 9.78 Å². The Morgan fingerprint density at radius 2 is 2.44 bits per heavy atom. The highest BCUT2D eigenvalue weighted by Gasteiger charge is 2.37. The lowest BCUT2D eigenvalue weighted by Crippen LogP contribution is -2.40. The number of amides is 1. The molecular formula is C11H18N4O.